The SMILES string of the molecule is C=NC(=O)c1ccccc1C(=O)Cc1ccccc1. The van der Waals surface area contributed by atoms with Crippen molar-refractivity contribution >= 4 is 18.4 Å². The van der Waals surface area contributed by atoms with Gasteiger partial charge in [-0.1, -0.05) is 48.5 Å². The van der Waals surface area contributed by atoms with Gasteiger partial charge in [-0.3, -0.25) is 9.59 Å². The number of amides is 1. The quantitative estimate of drug-likeness (QED) is 0.619. The maximum Gasteiger partial charge on any atom is 0.277 e. The van der Waals surface area contributed by atoms with Gasteiger partial charge in [0.25, 0.3) is 5.91 Å². The smallest absolute Gasteiger partial charge is 0.277 e. The second kappa shape index (κ2) is 5.87. The van der Waals surface area contributed by atoms with E-state index < -0.39 is 5.91 Å². The average molecular weight is 251 g/mol. The van der Waals surface area contributed by atoms with Crippen LogP contribution >= 0.6 is 0 Å². The van der Waals surface area contributed by atoms with E-state index in [1.807, 2.05) is 30.3 Å². The van der Waals surface area contributed by atoms with Gasteiger partial charge in [0.2, 0.25) is 0 Å². The molecule has 0 saturated carbocycles. The van der Waals surface area contributed by atoms with Crippen LogP contribution in [-0.2, 0) is 6.42 Å². The molecule has 0 N–H and O–H groups in total. The molecule has 0 radical (unpaired) electrons. The lowest BCUT2D eigenvalue weighted by atomic mass is 9.98. The number of hydrogen-bond donors (Lipinski definition) is 0. The van der Waals surface area contributed by atoms with Gasteiger partial charge in [-0.15, -0.1) is 0 Å². The summed E-state index contributed by atoms with van der Waals surface area (Å²) in [7, 11) is 0. The van der Waals surface area contributed by atoms with E-state index in [4.69, 9.17) is 0 Å². The second-order valence-corrected chi connectivity index (χ2v) is 4.09. The molecule has 2 aromatic carbocycles. The molecule has 0 unspecified atom stereocenters. The number of carbonyl (C=O) groups excluding carboxylic acids is 2. The van der Waals surface area contributed by atoms with Crippen molar-refractivity contribution in [1.29, 1.82) is 0 Å². The van der Waals surface area contributed by atoms with Crippen LogP contribution in [0.25, 0.3) is 0 Å². The highest BCUT2D eigenvalue weighted by atomic mass is 16.1. The average Bonchev–Trinajstić information content (AvgIpc) is 2.47. The van der Waals surface area contributed by atoms with Crippen molar-refractivity contribution in [1.82, 2.24) is 0 Å². The molecular weight excluding hydrogens is 238 g/mol. The summed E-state index contributed by atoms with van der Waals surface area (Å²) in [6.07, 6.45) is 0.266. The number of carbonyl (C=O) groups is 2. The van der Waals surface area contributed by atoms with Crippen LogP contribution in [0.4, 0.5) is 0 Å². The van der Waals surface area contributed by atoms with Gasteiger partial charge in [0.05, 0.1) is 5.56 Å². The summed E-state index contributed by atoms with van der Waals surface area (Å²) in [5.74, 6) is -0.573. The third-order valence-electron chi connectivity index (χ3n) is 2.81. The molecule has 0 spiro atoms. The fraction of sp³-hybridized carbons (Fsp3) is 0.0625. The van der Waals surface area contributed by atoms with Gasteiger partial charge in [-0.2, -0.15) is 0 Å². The molecule has 0 saturated heterocycles. The highest BCUT2D eigenvalue weighted by Crippen LogP contribution is 2.14. The Hall–Kier alpha value is -2.55. The molecule has 0 fully saturated rings. The molecule has 2 aromatic rings. The van der Waals surface area contributed by atoms with E-state index in [-0.39, 0.29) is 12.2 Å². The van der Waals surface area contributed by atoms with Gasteiger partial charge in [0.15, 0.2) is 5.78 Å². The number of hydrogen-bond acceptors (Lipinski definition) is 2. The summed E-state index contributed by atoms with van der Waals surface area (Å²) in [6.45, 7) is 3.21. The van der Waals surface area contributed by atoms with Crippen molar-refractivity contribution in [2.75, 3.05) is 0 Å². The zero-order valence-electron chi connectivity index (χ0n) is 10.4. The molecule has 0 aliphatic heterocycles. The van der Waals surface area contributed by atoms with Gasteiger partial charge in [0, 0.05) is 12.0 Å². The standard InChI is InChI=1S/C16H13NO2/c1-17-16(19)14-10-6-5-9-13(14)15(18)11-12-7-3-2-4-8-12/h2-10H,1,11H2. The van der Waals surface area contributed by atoms with Crippen LogP contribution < -0.4 is 0 Å². The number of Topliss-reactive ketones (excluding diaryl/α,β-unsaturated/α-hetero) is 1. The Balaban J connectivity index is 2.29. The minimum Gasteiger partial charge on any atom is -0.294 e. The van der Waals surface area contributed by atoms with E-state index in [9.17, 15) is 9.59 Å². The molecule has 19 heavy (non-hydrogen) atoms. The van der Waals surface area contributed by atoms with Crippen molar-refractivity contribution in [3.05, 3.63) is 71.3 Å². The summed E-state index contributed by atoms with van der Waals surface area (Å²) < 4.78 is 0. The highest BCUT2D eigenvalue weighted by Gasteiger charge is 2.15. The van der Waals surface area contributed by atoms with Crippen molar-refractivity contribution in [3.63, 3.8) is 0 Å². The zero-order chi connectivity index (χ0) is 13.7. The van der Waals surface area contributed by atoms with E-state index in [0.717, 1.165) is 5.56 Å². The van der Waals surface area contributed by atoms with E-state index in [1.54, 1.807) is 24.3 Å². The van der Waals surface area contributed by atoms with Crippen LogP contribution in [0, 0.1) is 0 Å². The molecule has 0 aliphatic carbocycles. The second-order valence-electron chi connectivity index (χ2n) is 4.09. The molecular formula is C16H13NO2. The minimum absolute atomic E-state index is 0.0983. The number of benzene rings is 2. The fourth-order valence-corrected chi connectivity index (χ4v) is 1.87. The van der Waals surface area contributed by atoms with Crippen LogP contribution in [0.5, 0.6) is 0 Å². The van der Waals surface area contributed by atoms with Gasteiger partial charge < -0.3 is 0 Å². The fourth-order valence-electron chi connectivity index (χ4n) is 1.87. The summed E-state index contributed by atoms with van der Waals surface area (Å²) in [5, 5.41) is 0. The molecule has 3 nitrogen and oxygen atoms in total. The van der Waals surface area contributed by atoms with Crippen molar-refractivity contribution in [2.24, 2.45) is 4.99 Å². The van der Waals surface area contributed by atoms with Gasteiger partial charge in [0.1, 0.15) is 0 Å². The lowest BCUT2D eigenvalue weighted by Crippen LogP contribution is -2.09. The lowest BCUT2D eigenvalue weighted by molar-refractivity contribution is 0.0965. The Morgan fingerprint density at radius 1 is 0.895 bits per heavy atom. The summed E-state index contributed by atoms with van der Waals surface area (Å²) in [6, 6.07) is 16.1. The topological polar surface area (TPSA) is 46.5 Å². The first-order valence-electron chi connectivity index (χ1n) is 5.89. The Kier molecular flexibility index (Phi) is 3.98. The Morgan fingerprint density at radius 2 is 1.47 bits per heavy atom. The molecule has 0 bridgehead atoms. The third-order valence-corrected chi connectivity index (χ3v) is 2.81. The van der Waals surface area contributed by atoms with Gasteiger partial charge >= 0.3 is 0 Å². The largest absolute Gasteiger partial charge is 0.294 e. The maximum atomic E-state index is 12.2. The molecule has 0 heterocycles. The normalized spacial score (nSPS) is 9.89. The zero-order valence-corrected chi connectivity index (χ0v) is 10.4. The summed E-state index contributed by atoms with van der Waals surface area (Å²) in [4.78, 5) is 27.2. The Morgan fingerprint density at radius 3 is 2.11 bits per heavy atom. The molecule has 3 heteroatoms. The minimum atomic E-state index is -0.475. The van der Waals surface area contributed by atoms with Gasteiger partial charge in [-0.05, 0) is 18.3 Å². The number of aliphatic imine (C=N–C) groups is 1. The van der Waals surface area contributed by atoms with E-state index >= 15 is 0 Å². The highest BCUT2D eigenvalue weighted by molar-refractivity contribution is 6.09. The lowest BCUT2D eigenvalue weighted by Gasteiger charge is -2.05. The molecule has 0 aliphatic rings. The first kappa shape index (κ1) is 12.9. The summed E-state index contributed by atoms with van der Waals surface area (Å²) in [5.41, 5.74) is 1.61. The number of ketones is 1. The molecule has 0 atom stereocenters. The van der Waals surface area contributed by atoms with Crippen LogP contribution in [0.15, 0.2) is 59.6 Å². The predicted molar refractivity (Wildman–Crippen MR) is 74.8 cm³/mol. The van der Waals surface area contributed by atoms with E-state index in [0.29, 0.717) is 11.1 Å². The first-order chi connectivity index (χ1) is 9.22. The molecule has 0 aromatic heterocycles. The Labute approximate surface area is 111 Å². The monoisotopic (exact) mass is 251 g/mol. The van der Waals surface area contributed by atoms with Crippen LogP contribution in [0.1, 0.15) is 26.3 Å². The van der Waals surface area contributed by atoms with Crippen LogP contribution in [0.2, 0.25) is 0 Å². The van der Waals surface area contributed by atoms with Crippen LogP contribution in [-0.4, -0.2) is 18.4 Å². The van der Waals surface area contributed by atoms with Gasteiger partial charge in [-0.25, -0.2) is 4.99 Å². The van der Waals surface area contributed by atoms with E-state index in [1.165, 1.54) is 0 Å². The van der Waals surface area contributed by atoms with E-state index in [2.05, 4.69) is 11.7 Å². The van der Waals surface area contributed by atoms with Crippen molar-refractivity contribution in [3.8, 4) is 0 Å². The third kappa shape index (κ3) is 3.01. The molecule has 2 rings (SSSR count). The Bertz CT molecular complexity index is 618. The summed E-state index contributed by atoms with van der Waals surface area (Å²) >= 11 is 0. The van der Waals surface area contributed by atoms with Crippen molar-refractivity contribution < 1.29 is 9.59 Å². The van der Waals surface area contributed by atoms with Crippen molar-refractivity contribution in [2.45, 2.75) is 6.42 Å². The van der Waals surface area contributed by atoms with Crippen LogP contribution in [0.3, 0.4) is 0 Å². The molecule has 94 valence electrons. The number of nitrogens with zero attached hydrogens (tertiary/aromatic N) is 1. The molecule has 1 amide bonds. The maximum absolute atomic E-state index is 12.2. The predicted octanol–water partition coefficient (Wildman–Crippen LogP) is 2.95. The number of rotatable bonds is 4. The first-order valence-corrected chi connectivity index (χ1v) is 5.89.